The molecule has 2 aromatic carbocycles. The van der Waals surface area contributed by atoms with Gasteiger partial charge in [-0.1, -0.05) is 36.7 Å². The van der Waals surface area contributed by atoms with Crippen LogP contribution in [0.4, 0.5) is 5.69 Å². The molecule has 3 heterocycles. The lowest BCUT2D eigenvalue weighted by Gasteiger charge is -2.46. The molecule has 1 spiro atoms. The van der Waals surface area contributed by atoms with Crippen LogP contribution in [0.15, 0.2) is 65.3 Å². The van der Waals surface area contributed by atoms with E-state index in [0.29, 0.717) is 47.9 Å². The van der Waals surface area contributed by atoms with E-state index >= 15 is 0 Å². The van der Waals surface area contributed by atoms with Crippen LogP contribution in [0.5, 0.6) is 5.75 Å². The predicted molar refractivity (Wildman–Crippen MR) is 208 cm³/mol. The molecular formula is C42H53ClN4O4S. The zero-order valence-corrected chi connectivity index (χ0v) is 32.3. The van der Waals surface area contributed by atoms with Crippen molar-refractivity contribution in [2.45, 2.75) is 89.7 Å². The molecule has 3 aliphatic carbocycles. The van der Waals surface area contributed by atoms with Crippen molar-refractivity contribution in [3.05, 3.63) is 88.2 Å². The maximum absolute atomic E-state index is 14.7. The molecule has 0 N–H and O–H groups in total. The highest BCUT2D eigenvalue weighted by Crippen LogP contribution is 2.47. The molecule has 2 bridgehead atoms. The summed E-state index contributed by atoms with van der Waals surface area (Å²) in [5.74, 6) is 2.69. The lowest BCUT2D eigenvalue weighted by atomic mass is 9.68. The van der Waals surface area contributed by atoms with E-state index in [4.69, 9.17) is 21.1 Å². The van der Waals surface area contributed by atoms with Gasteiger partial charge >= 0.3 is 0 Å². The Hall–Kier alpha value is -3.14. The van der Waals surface area contributed by atoms with E-state index in [1.165, 1.54) is 24.0 Å². The minimum atomic E-state index is -2.88. The van der Waals surface area contributed by atoms with Gasteiger partial charge in [0.15, 0.2) is 0 Å². The lowest BCUT2D eigenvalue weighted by Crippen LogP contribution is -2.49. The molecule has 8 nitrogen and oxygen atoms in total. The number of anilines is 1. The Morgan fingerprint density at radius 2 is 2.02 bits per heavy atom. The van der Waals surface area contributed by atoms with Crippen molar-refractivity contribution >= 4 is 32.9 Å². The van der Waals surface area contributed by atoms with Crippen molar-refractivity contribution in [2.75, 3.05) is 42.7 Å². The molecule has 10 heteroatoms. The number of aromatic nitrogens is 2. The molecule has 2 fully saturated rings. The molecule has 0 unspecified atom stereocenters. The zero-order valence-electron chi connectivity index (χ0n) is 30.7. The maximum atomic E-state index is 14.7. The van der Waals surface area contributed by atoms with Gasteiger partial charge in [0.1, 0.15) is 5.75 Å². The Morgan fingerprint density at radius 3 is 2.81 bits per heavy atom. The van der Waals surface area contributed by atoms with Crippen molar-refractivity contribution in [3.8, 4) is 5.75 Å². The number of hydrogen-bond donors (Lipinski definition) is 0. The standard InChI is InChI=1S/C42H53ClN4O4S/c1-3-47-23-31(22-44-47)17-19-52(49)26-29(2)6-4-8-39(50-25-30-9-10-30)36-14-11-34(36)24-46-27-42(18-5-7-32-20-35(43)13-15-37(32)42)28-51-40-16-12-33(21-38(40)46)41(48)45-52/h4,8,12-13,15-16,20-23,29-30,34,36,39H,3,5-7,9-11,14,17-19,24-28H2,1-2H3/b8-4+/t29-,34-,36+,39-,42-,52-/m0/s1. The number of fused-ring (bicyclic) bond motifs is 4. The maximum Gasteiger partial charge on any atom is 0.285 e. The lowest BCUT2D eigenvalue weighted by molar-refractivity contribution is -0.0182. The zero-order chi connectivity index (χ0) is 35.9. The molecule has 278 valence electrons. The van der Waals surface area contributed by atoms with Gasteiger partial charge in [-0.2, -0.15) is 9.46 Å². The van der Waals surface area contributed by atoms with Crippen LogP contribution in [-0.4, -0.2) is 63.8 Å². The highest BCUT2D eigenvalue weighted by molar-refractivity contribution is 7.93. The van der Waals surface area contributed by atoms with Gasteiger partial charge in [-0.15, -0.1) is 0 Å². The first-order valence-corrected chi connectivity index (χ1v) is 21.8. The van der Waals surface area contributed by atoms with Gasteiger partial charge in [-0.05, 0) is 135 Å². The summed E-state index contributed by atoms with van der Waals surface area (Å²) in [6, 6.07) is 12.1. The molecule has 3 aromatic rings. The van der Waals surface area contributed by atoms with Crippen LogP contribution in [0.1, 0.15) is 85.8 Å². The largest absolute Gasteiger partial charge is 0.490 e. The molecule has 6 atom stereocenters. The SMILES string of the molecule is CCn1cc(CC[S@@]2(=O)=NC(=O)c3ccc4c(c3)N(C[C@@H]3CC[C@H]3[C@@H](OCC3CC3)/C=C/C[C@H](C)C2)C[C@@]2(CCCc3cc(Cl)ccc32)CO4)cn1. The fourth-order valence-electron chi connectivity index (χ4n) is 8.95. The third-order valence-electron chi connectivity index (χ3n) is 12.2. The van der Waals surface area contributed by atoms with Gasteiger partial charge in [0, 0.05) is 53.3 Å². The van der Waals surface area contributed by atoms with Crippen LogP contribution in [-0.2, 0) is 39.3 Å². The number of halogens is 1. The quantitative estimate of drug-likeness (QED) is 0.227. The molecule has 8 rings (SSSR count). The third-order valence-corrected chi connectivity index (χ3v) is 14.9. The summed E-state index contributed by atoms with van der Waals surface area (Å²) in [5, 5.41) is 5.18. The predicted octanol–water partition coefficient (Wildman–Crippen LogP) is 8.30. The Labute approximate surface area is 314 Å². The summed E-state index contributed by atoms with van der Waals surface area (Å²) in [5.41, 5.74) is 4.82. The Kier molecular flexibility index (Phi) is 10.3. The number of hydrogen-bond acceptors (Lipinski definition) is 6. The van der Waals surface area contributed by atoms with E-state index in [-0.39, 0.29) is 17.4 Å². The van der Waals surface area contributed by atoms with Crippen LogP contribution in [0.3, 0.4) is 0 Å². The van der Waals surface area contributed by atoms with Gasteiger partial charge in [-0.3, -0.25) is 9.48 Å². The van der Waals surface area contributed by atoms with Gasteiger partial charge in [-0.25, -0.2) is 4.21 Å². The van der Waals surface area contributed by atoms with E-state index in [2.05, 4.69) is 45.6 Å². The van der Waals surface area contributed by atoms with Gasteiger partial charge in [0.25, 0.3) is 5.91 Å². The van der Waals surface area contributed by atoms with E-state index in [9.17, 15) is 9.00 Å². The van der Waals surface area contributed by atoms with Gasteiger partial charge < -0.3 is 14.4 Å². The minimum Gasteiger partial charge on any atom is -0.490 e. The molecule has 0 radical (unpaired) electrons. The van der Waals surface area contributed by atoms with E-state index in [1.54, 1.807) is 0 Å². The van der Waals surface area contributed by atoms with E-state index < -0.39 is 15.6 Å². The van der Waals surface area contributed by atoms with E-state index in [0.717, 1.165) is 86.8 Å². The second-order valence-electron chi connectivity index (χ2n) is 16.3. The first-order chi connectivity index (χ1) is 25.2. The second kappa shape index (κ2) is 14.9. The topological polar surface area (TPSA) is 86.0 Å². The summed E-state index contributed by atoms with van der Waals surface area (Å²) >= 11 is 6.50. The number of amides is 1. The number of nitrogens with zero attached hydrogens (tertiary/aromatic N) is 4. The smallest absolute Gasteiger partial charge is 0.285 e. The van der Waals surface area contributed by atoms with Crippen molar-refractivity contribution < 1.29 is 18.5 Å². The second-order valence-corrected chi connectivity index (χ2v) is 19.2. The third kappa shape index (κ3) is 7.74. The molecule has 52 heavy (non-hydrogen) atoms. The first-order valence-electron chi connectivity index (χ1n) is 19.6. The molecule has 5 aliphatic rings. The van der Waals surface area contributed by atoms with Crippen molar-refractivity contribution in [3.63, 3.8) is 0 Å². The summed E-state index contributed by atoms with van der Waals surface area (Å²) in [4.78, 5) is 16.6. The summed E-state index contributed by atoms with van der Waals surface area (Å²) in [6.07, 6.45) is 17.7. The average molecular weight is 745 g/mol. The molecule has 0 saturated heterocycles. The number of allylic oxidation sites excluding steroid dienone is 1. The summed E-state index contributed by atoms with van der Waals surface area (Å²) < 4.78 is 34.6. The Bertz CT molecular complexity index is 1950. The summed E-state index contributed by atoms with van der Waals surface area (Å²) in [7, 11) is -2.88. The monoisotopic (exact) mass is 744 g/mol. The minimum absolute atomic E-state index is 0.0609. The van der Waals surface area contributed by atoms with Crippen LogP contribution in [0, 0.1) is 23.7 Å². The fourth-order valence-corrected chi connectivity index (χ4v) is 11.5. The van der Waals surface area contributed by atoms with Crippen molar-refractivity contribution in [2.24, 2.45) is 28.0 Å². The summed E-state index contributed by atoms with van der Waals surface area (Å²) in [6.45, 7) is 7.97. The molecular weight excluding hydrogens is 692 g/mol. The molecule has 2 aliphatic heterocycles. The number of aryl methyl sites for hydroxylation is 3. The van der Waals surface area contributed by atoms with E-state index in [1.807, 2.05) is 48.3 Å². The Morgan fingerprint density at radius 1 is 1.13 bits per heavy atom. The number of carbonyl (C=O) groups excluding carboxylic acids is 1. The normalized spacial score (nSPS) is 31.1. The van der Waals surface area contributed by atoms with Crippen molar-refractivity contribution in [1.29, 1.82) is 0 Å². The van der Waals surface area contributed by atoms with Crippen LogP contribution in [0.25, 0.3) is 0 Å². The van der Waals surface area contributed by atoms with Crippen LogP contribution in [0.2, 0.25) is 5.02 Å². The first kappa shape index (κ1) is 35.9. The van der Waals surface area contributed by atoms with Crippen LogP contribution >= 0.6 is 11.6 Å². The number of ether oxygens (including phenoxy) is 2. The van der Waals surface area contributed by atoms with Gasteiger partial charge in [0.2, 0.25) is 0 Å². The number of carbonyl (C=O) groups is 1. The Balaban J connectivity index is 1.18. The average Bonchev–Trinajstić information content (AvgIpc) is 3.86. The highest BCUT2D eigenvalue weighted by atomic mass is 35.5. The highest BCUT2D eigenvalue weighted by Gasteiger charge is 2.44. The van der Waals surface area contributed by atoms with Crippen molar-refractivity contribution in [1.82, 2.24) is 9.78 Å². The molecule has 1 aromatic heterocycles. The number of benzene rings is 2. The van der Waals surface area contributed by atoms with Gasteiger partial charge in [0.05, 0.1) is 40.9 Å². The fraction of sp³-hybridized carbons (Fsp3) is 0.571. The van der Waals surface area contributed by atoms with Crippen LogP contribution < -0.4 is 9.64 Å². The molecule has 2 saturated carbocycles. The molecule has 1 amide bonds. The number of rotatable bonds is 7.